The van der Waals surface area contributed by atoms with E-state index in [2.05, 4.69) is 15.0 Å². The molecule has 6 nitrogen and oxygen atoms in total. The molecule has 0 aliphatic carbocycles. The molecular formula is C12H18N4O2. The zero-order valence-corrected chi connectivity index (χ0v) is 10.6. The minimum absolute atomic E-state index is 0.172. The Bertz CT molecular complexity index is 512. The molecular weight excluding hydrogens is 232 g/mol. The average Bonchev–Trinajstić information content (AvgIpc) is 2.79. The Kier molecular flexibility index (Phi) is 4.11. The molecule has 0 aliphatic heterocycles. The lowest BCUT2D eigenvalue weighted by molar-refractivity contribution is 0.187. The normalized spacial score (nSPS) is 12.8. The average molecular weight is 250 g/mol. The summed E-state index contributed by atoms with van der Waals surface area (Å²) in [5, 5.41) is 0. The minimum Gasteiger partial charge on any atom is -0.478 e. The first-order valence-corrected chi connectivity index (χ1v) is 5.98. The molecule has 0 saturated carbocycles. The van der Waals surface area contributed by atoms with E-state index in [1.54, 1.807) is 7.11 Å². The van der Waals surface area contributed by atoms with Crippen LogP contribution in [0.2, 0.25) is 0 Å². The fourth-order valence-electron chi connectivity index (χ4n) is 1.68. The maximum atomic E-state index is 6.01. The van der Waals surface area contributed by atoms with Gasteiger partial charge in [0.25, 0.3) is 0 Å². The molecule has 2 heterocycles. The Morgan fingerprint density at radius 3 is 2.94 bits per heavy atom. The molecule has 18 heavy (non-hydrogen) atoms. The molecule has 2 rings (SSSR count). The standard InChI is InChI=1S/C12H18N4O2/c1-3-18-10-5-4-9-12(15-10)16-11(14-9)8(13)6-7-17-2/h4-5,8H,3,6-7,13H2,1-2H3,(H,14,15,16). The van der Waals surface area contributed by atoms with E-state index in [0.29, 0.717) is 31.2 Å². The molecule has 0 aliphatic rings. The number of hydrogen-bond acceptors (Lipinski definition) is 5. The van der Waals surface area contributed by atoms with E-state index in [-0.39, 0.29) is 6.04 Å². The SMILES string of the molecule is CCOc1ccc2[nH]c(C(N)CCOC)nc2n1. The van der Waals surface area contributed by atoms with Gasteiger partial charge in [-0.25, -0.2) is 4.98 Å². The second-order valence-corrected chi connectivity index (χ2v) is 3.96. The second-order valence-electron chi connectivity index (χ2n) is 3.96. The third-order valence-electron chi connectivity index (χ3n) is 2.62. The summed E-state index contributed by atoms with van der Waals surface area (Å²) in [4.78, 5) is 11.8. The van der Waals surface area contributed by atoms with Crippen LogP contribution in [0.5, 0.6) is 5.88 Å². The topological polar surface area (TPSA) is 86.0 Å². The number of aromatic amines is 1. The molecule has 0 saturated heterocycles. The summed E-state index contributed by atoms with van der Waals surface area (Å²) in [7, 11) is 1.65. The number of ether oxygens (including phenoxy) is 2. The summed E-state index contributed by atoms with van der Waals surface area (Å²) in [6.45, 7) is 3.11. The van der Waals surface area contributed by atoms with Crippen molar-refractivity contribution in [3.8, 4) is 5.88 Å². The van der Waals surface area contributed by atoms with Crippen molar-refractivity contribution in [2.45, 2.75) is 19.4 Å². The number of nitrogens with one attached hydrogen (secondary N) is 1. The molecule has 1 unspecified atom stereocenters. The zero-order valence-electron chi connectivity index (χ0n) is 10.6. The predicted octanol–water partition coefficient (Wildman–Crippen LogP) is 1.39. The molecule has 6 heteroatoms. The van der Waals surface area contributed by atoms with E-state index in [0.717, 1.165) is 11.3 Å². The molecule has 2 aromatic heterocycles. The number of aromatic nitrogens is 3. The Morgan fingerprint density at radius 1 is 1.39 bits per heavy atom. The smallest absolute Gasteiger partial charge is 0.215 e. The van der Waals surface area contributed by atoms with Crippen molar-refractivity contribution in [3.63, 3.8) is 0 Å². The number of nitrogens with zero attached hydrogens (tertiary/aromatic N) is 2. The van der Waals surface area contributed by atoms with Gasteiger partial charge in [0.15, 0.2) is 5.65 Å². The van der Waals surface area contributed by atoms with E-state index >= 15 is 0 Å². The van der Waals surface area contributed by atoms with Crippen LogP contribution in [0.25, 0.3) is 11.2 Å². The molecule has 0 amide bonds. The van der Waals surface area contributed by atoms with Gasteiger partial charge in [0.1, 0.15) is 5.82 Å². The summed E-state index contributed by atoms with van der Waals surface area (Å²) >= 11 is 0. The fourth-order valence-corrected chi connectivity index (χ4v) is 1.68. The molecule has 3 N–H and O–H groups in total. The third kappa shape index (κ3) is 2.77. The lowest BCUT2D eigenvalue weighted by Crippen LogP contribution is -2.14. The third-order valence-corrected chi connectivity index (χ3v) is 2.62. The van der Waals surface area contributed by atoms with Gasteiger partial charge < -0.3 is 20.2 Å². The maximum Gasteiger partial charge on any atom is 0.215 e. The van der Waals surface area contributed by atoms with E-state index in [1.807, 2.05) is 19.1 Å². The van der Waals surface area contributed by atoms with Crippen molar-refractivity contribution >= 4 is 11.2 Å². The van der Waals surface area contributed by atoms with Crippen LogP contribution >= 0.6 is 0 Å². The van der Waals surface area contributed by atoms with Crippen LogP contribution in [-0.4, -0.2) is 35.3 Å². The molecule has 0 aromatic carbocycles. The van der Waals surface area contributed by atoms with Crippen LogP contribution in [0.1, 0.15) is 25.2 Å². The molecule has 0 spiro atoms. The van der Waals surface area contributed by atoms with Gasteiger partial charge in [0.2, 0.25) is 5.88 Å². The van der Waals surface area contributed by atoms with Gasteiger partial charge >= 0.3 is 0 Å². The van der Waals surface area contributed by atoms with Crippen molar-refractivity contribution in [1.29, 1.82) is 0 Å². The summed E-state index contributed by atoms with van der Waals surface area (Å²) in [6, 6.07) is 3.54. The Labute approximate surface area is 106 Å². The van der Waals surface area contributed by atoms with Gasteiger partial charge in [-0.2, -0.15) is 4.98 Å². The van der Waals surface area contributed by atoms with Crippen molar-refractivity contribution in [3.05, 3.63) is 18.0 Å². The van der Waals surface area contributed by atoms with Crippen LogP contribution in [0.4, 0.5) is 0 Å². The molecule has 0 bridgehead atoms. The monoisotopic (exact) mass is 250 g/mol. The minimum atomic E-state index is -0.172. The Hall–Kier alpha value is -1.66. The first-order chi connectivity index (χ1) is 8.74. The zero-order chi connectivity index (χ0) is 13.0. The number of rotatable bonds is 6. The molecule has 98 valence electrons. The number of methoxy groups -OCH3 is 1. The summed E-state index contributed by atoms with van der Waals surface area (Å²) in [5.41, 5.74) is 7.50. The van der Waals surface area contributed by atoms with E-state index in [4.69, 9.17) is 15.2 Å². The number of hydrogen-bond donors (Lipinski definition) is 2. The van der Waals surface area contributed by atoms with E-state index in [9.17, 15) is 0 Å². The number of nitrogens with two attached hydrogens (primary N) is 1. The lowest BCUT2D eigenvalue weighted by atomic mass is 10.2. The summed E-state index contributed by atoms with van der Waals surface area (Å²) in [6.07, 6.45) is 0.717. The number of imidazole rings is 1. The van der Waals surface area contributed by atoms with Gasteiger partial charge in [0, 0.05) is 19.8 Å². The van der Waals surface area contributed by atoms with Crippen LogP contribution < -0.4 is 10.5 Å². The van der Waals surface area contributed by atoms with E-state index in [1.165, 1.54) is 0 Å². The highest BCUT2D eigenvalue weighted by molar-refractivity contribution is 5.71. The van der Waals surface area contributed by atoms with Crippen molar-refractivity contribution in [2.75, 3.05) is 20.3 Å². The highest BCUT2D eigenvalue weighted by Crippen LogP contribution is 2.18. The Morgan fingerprint density at radius 2 is 2.22 bits per heavy atom. The maximum absolute atomic E-state index is 6.01. The van der Waals surface area contributed by atoms with Crippen molar-refractivity contribution in [1.82, 2.24) is 15.0 Å². The largest absolute Gasteiger partial charge is 0.478 e. The van der Waals surface area contributed by atoms with Gasteiger partial charge in [-0.3, -0.25) is 0 Å². The lowest BCUT2D eigenvalue weighted by Gasteiger charge is -2.06. The summed E-state index contributed by atoms with van der Waals surface area (Å²) < 4.78 is 10.3. The first-order valence-electron chi connectivity index (χ1n) is 5.98. The van der Waals surface area contributed by atoms with Crippen LogP contribution in [0.3, 0.4) is 0 Å². The molecule has 2 aromatic rings. The summed E-state index contributed by atoms with van der Waals surface area (Å²) in [5.74, 6) is 1.30. The van der Waals surface area contributed by atoms with Crippen molar-refractivity contribution < 1.29 is 9.47 Å². The fraction of sp³-hybridized carbons (Fsp3) is 0.500. The number of H-pyrrole nitrogens is 1. The Balaban J connectivity index is 2.21. The number of pyridine rings is 1. The second kappa shape index (κ2) is 5.79. The van der Waals surface area contributed by atoms with Gasteiger partial charge in [-0.1, -0.05) is 0 Å². The first kappa shape index (κ1) is 12.8. The molecule has 0 fully saturated rings. The molecule has 0 radical (unpaired) electrons. The van der Waals surface area contributed by atoms with Crippen LogP contribution in [0.15, 0.2) is 12.1 Å². The highest BCUT2D eigenvalue weighted by Gasteiger charge is 2.12. The highest BCUT2D eigenvalue weighted by atomic mass is 16.5. The predicted molar refractivity (Wildman–Crippen MR) is 68.5 cm³/mol. The van der Waals surface area contributed by atoms with E-state index < -0.39 is 0 Å². The van der Waals surface area contributed by atoms with Gasteiger partial charge in [-0.05, 0) is 19.4 Å². The van der Waals surface area contributed by atoms with Crippen molar-refractivity contribution in [2.24, 2.45) is 5.73 Å². The quantitative estimate of drug-likeness (QED) is 0.809. The van der Waals surface area contributed by atoms with Gasteiger partial charge in [-0.15, -0.1) is 0 Å². The number of fused-ring (bicyclic) bond motifs is 1. The van der Waals surface area contributed by atoms with Crippen LogP contribution in [-0.2, 0) is 4.74 Å². The van der Waals surface area contributed by atoms with Crippen LogP contribution in [0, 0.1) is 0 Å². The van der Waals surface area contributed by atoms with Gasteiger partial charge in [0.05, 0.1) is 18.2 Å². The molecule has 1 atom stereocenters.